The third-order valence-corrected chi connectivity index (χ3v) is 7.45. The van der Waals surface area contributed by atoms with Gasteiger partial charge in [-0.15, -0.1) is 0 Å². The van der Waals surface area contributed by atoms with Crippen molar-refractivity contribution in [2.75, 3.05) is 11.9 Å². The molecule has 0 aliphatic heterocycles. The van der Waals surface area contributed by atoms with Gasteiger partial charge in [-0.3, -0.25) is 14.6 Å². The molecule has 0 bridgehead atoms. The molecule has 0 fully saturated rings. The molecule has 1 unspecified atom stereocenters. The van der Waals surface area contributed by atoms with E-state index in [1.165, 1.54) is 18.3 Å². The number of hydrogen-bond acceptors (Lipinski definition) is 5. The predicted molar refractivity (Wildman–Crippen MR) is 156 cm³/mol. The van der Waals surface area contributed by atoms with Crippen LogP contribution in [-0.4, -0.2) is 35.4 Å². The van der Waals surface area contributed by atoms with Gasteiger partial charge in [0.15, 0.2) is 0 Å². The van der Waals surface area contributed by atoms with Crippen molar-refractivity contribution in [2.24, 2.45) is 16.9 Å². The number of amides is 2. The quantitative estimate of drug-likeness (QED) is 0.201. The summed E-state index contributed by atoms with van der Waals surface area (Å²) >= 11 is 0. The summed E-state index contributed by atoms with van der Waals surface area (Å²) in [5.74, 6) is -1.02. The van der Waals surface area contributed by atoms with E-state index in [0.717, 1.165) is 55.1 Å². The van der Waals surface area contributed by atoms with E-state index in [4.69, 9.17) is 11.5 Å². The van der Waals surface area contributed by atoms with Gasteiger partial charge in [0.05, 0.1) is 29.0 Å². The number of aromatic nitrogens is 1. The molecule has 3 atom stereocenters. The molecule has 10 heteroatoms. The zero-order chi connectivity index (χ0) is 30.0. The van der Waals surface area contributed by atoms with Crippen molar-refractivity contribution in [1.82, 2.24) is 10.3 Å². The Morgan fingerprint density at radius 2 is 1.71 bits per heavy atom. The van der Waals surface area contributed by atoms with Crippen LogP contribution in [0, 0.1) is 5.41 Å². The lowest BCUT2D eigenvalue weighted by Crippen LogP contribution is -2.51. The van der Waals surface area contributed by atoms with Crippen LogP contribution in [0.15, 0.2) is 60.8 Å². The van der Waals surface area contributed by atoms with Crippen molar-refractivity contribution < 1.29 is 22.8 Å². The van der Waals surface area contributed by atoms with Crippen LogP contribution in [-0.2, 0) is 22.2 Å². The molecule has 41 heavy (non-hydrogen) atoms. The van der Waals surface area contributed by atoms with Crippen LogP contribution in [0.3, 0.4) is 0 Å². The molecule has 0 saturated carbocycles. The van der Waals surface area contributed by atoms with Crippen LogP contribution in [0.2, 0.25) is 0 Å². The maximum Gasteiger partial charge on any atom is 0.416 e. The second kappa shape index (κ2) is 14.4. The van der Waals surface area contributed by atoms with Crippen LogP contribution in [0.4, 0.5) is 18.9 Å². The highest BCUT2D eigenvalue weighted by Gasteiger charge is 2.31. The van der Waals surface area contributed by atoms with E-state index < -0.39 is 35.6 Å². The minimum Gasteiger partial charge on any atom is -0.343 e. The second-order valence-corrected chi connectivity index (χ2v) is 11.0. The Morgan fingerprint density at radius 1 is 1.00 bits per heavy atom. The molecular formula is C31H40F3N5O2. The number of pyridine rings is 1. The number of benzene rings is 2. The smallest absolute Gasteiger partial charge is 0.343 e. The third kappa shape index (κ3) is 9.54. The normalized spacial score (nSPS) is 14.7. The summed E-state index contributed by atoms with van der Waals surface area (Å²) in [5, 5.41) is 6.32. The summed E-state index contributed by atoms with van der Waals surface area (Å²) < 4.78 is 39.1. The molecule has 3 rings (SSSR count). The number of rotatable bonds is 14. The fourth-order valence-corrected chi connectivity index (χ4v) is 5.13. The van der Waals surface area contributed by atoms with Gasteiger partial charge in [-0.1, -0.05) is 57.0 Å². The molecule has 1 heterocycles. The summed E-state index contributed by atoms with van der Waals surface area (Å²) in [6, 6.07) is 11.8. The van der Waals surface area contributed by atoms with Crippen molar-refractivity contribution in [3.8, 4) is 0 Å². The van der Waals surface area contributed by atoms with Crippen molar-refractivity contribution in [2.45, 2.75) is 77.1 Å². The van der Waals surface area contributed by atoms with Crippen molar-refractivity contribution in [3.63, 3.8) is 0 Å². The highest BCUT2D eigenvalue weighted by Crippen LogP contribution is 2.33. The lowest BCUT2D eigenvalue weighted by atomic mass is 9.77. The number of fused-ring (bicyclic) bond motifs is 1. The largest absolute Gasteiger partial charge is 0.416 e. The summed E-state index contributed by atoms with van der Waals surface area (Å²) in [5.41, 5.74) is 12.9. The van der Waals surface area contributed by atoms with Crippen LogP contribution in [0.1, 0.15) is 63.5 Å². The third-order valence-electron chi connectivity index (χ3n) is 7.45. The summed E-state index contributed by atoms with van der Waals surface area (Å²) in [7, 11) is 0. The molecule has 3 aromatic rings. The first-order chi connectivity index (χ1) is 19.4. The number of nitrogens with two attached hydrogens (primary N) is 2. The average molecular weight is 572 g/mol. The lowest BCUT2D eigenvalue weighted by molar-refractivity contribution is -0.137. The van der Waals surface area contributed by atoms with Gasteiger partial charge >= 0.3 is 6.18 Å². The Hall–Kier alpha value is -3.50. The van der Waals surface area contributed by atoms with E-state index >= 15 is 0 Å². The van der Waals surface area contributed by atoms with Crippen LogP contribution in [0.25, 0.3) is 10.9 Å². The maximum absolute atomic E-state index is 13.3. The van der Waals surface area contributed by atoms with Crippen molar-refractivity contribution in [1.29, 1.82) is 0 Å². The fourth-order valence-electron chi connectivity index (χ4n) is 5.13. The number of nitrogens with zero attached hydrogens (tertiary/aromatic N) is 1. The SMILES string of the molecule is CCCC(C)(CCN)CCC[C@H](N)C(=O)N[C@H](Cc1ccc(C(F)(F)F)cc1)C(=O)Nc1cnc2ccccc2c1. The molecule has 6 N–H and O–H groups in total. The first-order valence-corrected chi connectivity index (χ1v) is 14.0. The van der Waals surface area contributed by atoms with Crippen LogP contribution in [0.5, 0.6) is 0 Å². The molecule has 0 aliphatic rings. The van der Waals surface area contributed by atoms with Gasteiger partial charge < -0.3 is 22.1 Å². The molecular weight excluding hydrogens is 531 g/mol. The highest BCUT2D eigenvalue weighted by atomic mass is 19.4. The van der Waals surface area contributed by atoms with E-state index in [0.29, 0.717) is 24.2 Å². The molecule has 2 aromatic carbocycles. The standard InChI is InChI=1S/C31H40F3N5O2/c1-3-14-30(2,16-17-35)15-6-8-25(36)28(40)39-27(18-21-10-12-23(13-11-21)31(32,33)34)29(41)38-24-19-22-7-4-5-9-26(22)37-20-24/h4-5,7,9-13,19-20,25,27H,3,6,8,14-18,35-36H2,1-2H3,(H,38,41)(H,39,40)/t25-,27+,30?/m0/s1. The number of anilines is 1. The number of nitrogens with one attached hydrogen (secondary N) is 2. The average Bonchev–Trinajstić information content (AvgIpc) is 2.92. The topological polar surface area (TPSA) is 123 Å². The number of para-hydroxylation sites is 1. The first kappa shape index (κ1) is 32.0. The van der Waals surface area contributed by atoms with E-state index in [2.05, 4.69) is 29.5 Å². The van der Waals surface area contributed by atoms with Gasteiger partial charge in [0, 0.05) is 11.8 Å². The van der Waals surface area contributed by atoms with Gasteiger partial charge in [0.25, 0.3) is 0 Å². The summed E-state index contributed by atoms with van der Waals surface area (Å²) in [4.78, 5) is 30.8. The van der Waals surface area contributed by atoms with Crippen molar-refractivity contribution in [3.05, 3.63) is 71.9 Å². The Bertz CT molecular complexity index is 1290. The van der Waals surface area contributed by atoms with E-state index in [1.54, 1.807) is 6.07 Å². The Balaban J connectivity index is 1.72. The zero-order valence-corrected chi connectivity index (χ0v) is 23.6. The lowest BCUT2D eigenvalue weighted by Gasteiger charge is -2.29. The molecule has 0 spiro atoms. The van der Waals surface area contributed by atoms with Gasteiger partial charge in [-0.2, -0.15) is 13.2 Å². The fraction of sp³-hybridized carbons (Fsp3) is 0.452. The Labute approximate surface area is 239 Å². The number of hydrogen-bond donors (Lipinski definition) is 4. The number of alkyl halides is 3. The van der Waals surface area contributed by atoms with Crippen LogP contribution >= 0.6 is 0 Å². The molecule has 2 amide bonds. The van der Waals surface area contributed by atoms with Gasteiger partial charge in [-0.25, -0.2) is 0 Å². The molecule has 0 aliphatic carbocycles. The predicted octanol–water partition coefficient (Wildman–Crippen LogP) is 5.57. The van der Waals surface area contributed by atoms with E-state index in [9.17, 15) is 22.8 Å². The van der Waals surface area contributed by atoms with Gasteiger partial charge in [-0.05, 0) is 67.5 Å². The highest BCUT2D eigenvalue weighted by molar-refractivity contribution is 5.99. The van der Waals surface area contributed by atoms with Crippen LogP contribution < -0.4 is 22.1 Å². The summed E-state index contributed by atoms with van der Waals surface area (Å²) in [6.45, 7) is 4.92. The van der Waals surface area contributed by atoms with E-state index in [-0.39, 0.29) is 11.8 Å². The van der Waals surface area contributed by atoms with Gasteiger partial charge in [0.2, 0.25) is 11.8 Å². The number of carbonyl (C=O) groups excluding carboxylic acids is 2. The Kier molecular flexibility index (Phi) is 11.3. The zero-order valence-electron chi connectivity index (χ0n) is 23.6. The minimum atomic E-state index is -4.48. The molecule has 0 radical (unpaired) electrons. The van der Waals surface area contributed by atoms with Crippen molar-refractivity contribution >= 4 is 28.4 Å². The summed E-state index contributed by atoms with van der Waals surface area (Å²) in [6.07, 6.45) is 2.01. The first-order valence-electron chi connectivity index (χ1n) is 14.0. The number of carbonyl (C=O) groups is 2. The minimum absolute atomic E-state index is 0.0193. The molecule has 0 saturated heterocycles. The maximum atomic E-state index is 13.3. The molecule has 1 aromatic heterocycles. The van der Waals surface area contributed by atoms with E-state index in [1.807, 2.05) is 24.3 Å². The monoisotopic (exact) mass is 571 g/mol. The second-order valence-electron chi connectivity index (χ2n) is 11.0. The molecule has 7 nitrogen and oxygen atoms in total. The van der Waals surface area contributed by atoms with Gasteiger partial charge in [0.1, 0.15) is 6.04 Å². The Morgan fingerprint density at radius 3 is 2.37 bits per heavy atom. The number of halogens is 3. The molecule has 222 valence electrons.